The zero-order chi connectivity index (χ0) is 31.9. The first-order valence-corrected chi connectivity index (χ1v) is 17.2. The maximum absolute atomic E-state index is 12.4. The molecule has 5 rings (SSSR count). The first-order valence-electron chi connectivity index (χ1n) is 15.0. The number of benzene rings is 4. The predicted molar refractivity (Wildman–Crippen MR) is 186 cm³/mol. The molecule has 1 heterocycles. The van der Waals surface area contributed by atoms with E-state index in [1.54, 1.807) is 11.8 Å². The number of carbonyl (C=O) groups is 1. The van der Waals surface area contributed by atoms with E-state index in [-0.39, 0.29) is 23.5 Å². The lowest BCUT2D eigenvalue weighted by molar-refractivity contribution is -0.724. The highest BCUT2D eigenvalue weighted by atomic mass is 35.5. The summed E-state index contributed by atoms with van der Waals surface area (Å²) in [5, 5.41) is 4.32. The zero-order valence-electron chi connectivity index (χ0n) is 25.5. The molecule has 0 amide bonds. The van der Waals surface area contributed by atoms with Gasteiger partial charge in [0, 0.05) is 31.7 Å². The molecule has 0 radical (unpaired) electrons. The Morgan fingerprint density at radius 2 is 1.56 bits per heavy atom. The van der Waals surface area contributed by atoms with Gasteiger partial charge in [0.05, 0.1) is 22.6 Å². The molecule has 1 saturated heterocycles. The Morgan fingerprint density at radius 3 is 2.18 bits per heavy atom. The fourth-order valence-electron chi connectivity index (χ4n) is 4.91. The van der Waals surface area contributed by atoms with Crippen molar-refractivity contribution in [2.75, 3.05) is 0 Å². The van der Waals surface area contributed by atoms with Gasteiger partial charge in [-0.3, -0.25) is 9.59 Å². The number of halogens is 1. The van der Waals surface area contributed by atoms with Crippen molar-refractivity contribution in [1.29, 1.82) is 0 Å². The van der Waals surface area contributed by atoms with Gasteiger partial charge in [-0.25, -0.2) is 4.79 Å². The second-order valence-electron chi connectivity index (χ2n) is 11.2. The molecule has 2 unspecified atom stereocenters. The Balaban J connectivity index is 1.24. The van der Waals surface area contributed by atoms with Crippen LogP contribution in [0.3, 0.4) is 0 Å². The molecule has 4 aromatic rings. The summed E-state index contributed by atoms with van der Waals surface area (Å²) in [7, 11) is 0. The maximum Gasteiger partial charge on any atom is 0.417 e. The van der Waals surface area contributed by atoms with Crippen LogP contribution in [0.25, 0.3) is 0 Å². The second-order valence-corrected chi connectivity index (χ2v) is 14.1. The summed E-state index contributed by atoms with van der Waals surface area (Å²) >= 11 is 9.64. The number of hydrogen-bond acceptors (Lipinski definition) is 4. The number of ketones is 2. The molecular formula is C37H37ClNO4S2+3. The lowest BCUT2D eigenvalue weighted by Crippen LogP contribution is -2.75. The summed E-state index contributed by atoms with van der Waals surface area (Å²) in [6.07, 6.45) is 2.00. The van der Waals surface area contributed by atoms with Gasteiger partial charge in [0.25, 0.3) is 0 Å². The molecular weight excluding hydrogens is 622 g/mol. The zero-order valence-corrected chi connectivity index (χ0v) is 27.9. The molecule has 0 saturated carbocycles. The maximum atomic E-state index is 12.4. The van der Waals surface area contributed by atoms with E-state index in [1.165, 1.54) is 11.1 Å². The number of aryl methyl sites for hydroxylation is 1. The van der Waals surface area contributed by atoms with Gasteiger partial charge in [-0.05, 0) is 109 Å². The van der Waals surface area contributed by atoms with Gasteiger partial charge in [-0.2, -0.15) is 4.84 Å². The van der Waals surface area contributed by atoms with Crippen LogP contribution in [0.5, 0.6) is 0 Å². The van der Waals surface area contributed by atoms with E-state index < -0.39 is 0 Å². The van der Waals surface area contributed by atoms with Gasteiger partial charge in [0.1, 0.15) is 0 Å². The van der Waals surface area contributed by atoms with Crippen molar-refractivity contribution in [1.82, 2.24) is 0 Å². The highest BCUT2D eigenvalue weighted by molar-refractivity contribution is 8.07. The van der Waals surface area contributed by atoms with Crippen LogP contribution in [0.1, 0.15) is 66.2 Å². The van der Waals surface area contributed by atoms with E-state index in [0.29, 0.717) is 34.6 Å². The van der Waals surface area contributed by atoms with Crippen LogP contribution in [0, 0.1) is 12.8 Å². The molecule has 0 aromatic heterocycles. The van der Waals surface area contributed by atoms with E-state index in [4.69, 9.17) is 16.4 Å². The van der Waals surface area contributed by atoms with E-state index in [9.17, 15) is 14.4 Å². The Hall–Kier alpha value is -3.65. The van der Waals surface area contributed by atoms with Gasteiger partial charge in [-0.15, -0.1) is 11.8 Å². The smallest absolute Gasteiger partial charge is 0.273 e. The molecule has 5 nitrogen and oxygen atoms in total. The average Bonchev–Trinajstić information content (AvgIpc) is 3.84. The van der Waals surface area contributed by atoms with Crippen LogP contribution in [-0.4, -0.2) is 38.1 Å². The van der Waals surface area contributed by atoms with Gasteiger partial charge in [0.15, 0.2) is 0 Å². The van der Waals surface area contributed by atoms with Crippen molar-refractivity contribution in [2.24, 2.45) is 5.92 Å². The van der Waals surface area contributed by atoms with Gasteiger partial charge >= 0.3 is 23.2 Å². The standard InChI is InChI=1S/C37H34ClNO4S2/c1-4-23(2)37(42)43-39-32(20-21-33-36(45-33)31-19-14-28(38)22-24(31)3)35(41)27-12-17-30(18-13-27)44-29-15-10-26(11-16-29)34(40)25-8-6-5-7-9-25/h5-19,22-23,33,36H,4,20-21H2,1-3H3/p+3/b39-32+/t23?,33-,36?/m0/s1. The predicted octanol–water partition coefficient (Wildman–Crippen LogP) is 7.30. The van der Waals surface area contributed by atoms with Crippen LogP contribution < -0.4 is 5.16 Å². The molecule has 8 heteroatoms. The molecule has 1 aliphatic heterocycles. The summed E-state index contributed by atoms with van der Waals surface area (Å²) in [6, 6.07) is 30.9. The van der Waals surface area contributed by atoms with Crippen molar-refractivity contribution < 1.29 is 24.4 Å². The van der Waals surface area contributed by atoms with E-state index >= 15 is 0 Å². The molecule has 0 spiro atoms. The molecule has 3 atom stereocenters. The monoisotopic (exact) mass is 658 g/mol. The largest absolute Gasteiger partial charge is 0.417 e. The SMILES string of the molecule is CCC(C)C(=O)O/[NH+]=C(\CC[C@@H]1SC1c1ccc(Cl)cc1C)C(=[OH+])c1ccc(Sc2ccc(C(=[OH+])c3ccccc3)cc2)cc1. The molecule has 1 fully saturated rings. The number of thioether (sulfide) groups is 1. The van der Waals surface area contributed by atoms with Crippen molar-refractivity contribution in [2.45, 2.75) is 60.3 Å². The van der Waals surface area contributed by atoms with E-state index in [0.717, 1.165) is 32.4 Å². The number of rotatable bonds is 13. The minimum Gasteiger partial charge on any atom is -0.273 e. The minimum absolute atomic E-state index is 0.0599. The van der Waals surface area contributed by atoms with Gasteiger partial charge in [0.2, 0.25) is 0 Å². The Kier molecular flexibility index (Phi) is 11.0. The quantitative estimate of drug-likeness (QED) is 0.0408. The van der Waals surface area contributed by atoms with Gasteiger partial charge < -0.3 is 0 Å². The van der Waals surface area contributed by atoms with Crippen molar-refractivity contribution in [3.8, 4) is 0 Å². The lowest BCUT2D eigenvalue weighted by Gasteiger charge is -2.05. The van der Waals surface area contributed by atoms with Crippen LogP contribution in [0.2, 0.25) is 5.02 Å². The summed E-state index contributed by atoms with van der Waals surface area (Å²) < 4.78 is 0. The molecule has 45 heavy (non-hydrogen) atoms. The fourth-order valence-corrected chi connectivity index (χ4v) is 7.19. The Bertz CT molecular complexity index is 1710. The number of nitrogens with one attached hydrogen (secondary N) is 1. The first-order chi connectivity index (χ1) is 21.7. The fraction of sp³-hybridized carbons (Fsp3) is 0.243. The molecule has 1 aliphatic rings. The van der Waals surface area contributed by atoms with E-state index in [1.807, 2.05) is 117 Å². The summed E-state index contributed by atoms with van der Waals surface area (Å²) in [5.41, 5.74) is 5.11. The van der Waals surface area contributed by atoms with Crippen LogP contribution in [0.4, 0.5) is 0 Å². The van der Waals surface area contributed by atoms with Crippen molar-refractivity contribution >= 4 is 58.4 Å². The summed E-state index contributed by atoms with van der Waals surface area (Å²) in [6.45, 7) is 5.84. The third-order valence-electron chi connectivity index (χ3n) is 7.91. The Labute approximate surface area is 277 Å². The molecule has 4 aromatic carbocycles. The summed E-state index contributed by atoms with van der Waals surface area (Å²) in [4.78, 5) is 41.8. The highest BCUT2D eigenvalue weighted by Gasteiger charge is 2.42. The van der Waals surface area contributed by atoms with Crippen molar-refractivity contribution in [3.05, 3.63) is 130 Å². The van der Waals surface area contributed by atoms with Crippen LogP contribution in [0.15, 0.2) is 107 Å². The third-order valence-corrected chi connectivity index (χ3v) is 10.6. The van der Waals surface area contributed by atoms with Crippen LogP contribution >= 0.6 is 35.1 Å². The van der Waals surface area contributed by atoms with E-state index in [2.05, 4.69) is 18.1 Å². The molecule has 0 aliphatic carbocycles. The topological polar surface area (TPSA) is 83.1 Å². The molecule has 0 bridgehead atoms. The Morgan fingerprint density at radius 1 is 0.933 bits per heavy atom. The molecule has 3 N–H and O–H groups in total. The molecule has 230 valence electrons. The normalized spacial score (nSPS) is 16.6. The van der Waals surface area contributed by atoms with Gasteiger partial charge in [-0.1, -0.05) is 61.5 Å². The third kappa shape index (κ3) is 8.54. The summed E-state index contributed by atoms with van der Waals surface area (Å²) in [5.74, 6) is -0.299. The first kappa shape index (κ1) is 32.7. The van der Waals surface area contributed by atoms with Crippen LogP contribution in [-0.2, 0) is 9.63 Å². The lowest BCUT2D eigenvalue weighted by atomic mass is 9.99. The minimum atomic E-state index is -0.356. The highest BCUT2D eigenvalue weighted by Crippen LogP contribution is 2.57. The average molecular weight is 659 g/mol. The number of carbonyl (C=O) groups excluding carboxylic acids is 3. The second kappa shape index (κ2) is 15.1. The number of hydrogen-bond donors (Lipinski definition) is 1. The van der Waals surface area contributed by atoms with Crippen molar-refractivity contribution in [3.63, 3.8) is 0 Å².